The zero-order valence-electron chi connectivity index (χ0n) is 11.7. The number of carboxylic acid groups (broad SMARTS) is 1. The Bertz CT molecular complexity index is 507. The number of carbonyl (C=O) groups is 2. The number of carbonyl (C=O) groups excluding carboxylic acids is 1. The maximum atomic E-state index is 12.1. The SMILES string of the molecule is CCC1(C(=O)O)CCN(C(=O)Nc2ncc(C)s2)CC1. The van der Waals surface area contributed by atoms with Gasteiger partial charge in [0.1, 0.15) is 0 Å². The number of aromatic nitrogens is 1. The van der Waals surface area contributed by atoms with Crippen molar-refractivity contribution in [2.45, 2.75) is 33.1 Å². The molecule has 1 fully saturated rings. The monoisotopic (exact) mass is 297 g/mol. The first-order chi connectivity index (χ1) is 9.47. The molecular weight excluding hydrogens is 278 g/mol. The second-order valence-electron chi connectivity index (χ2n) is 5.13. The van der Waals surface area contributed by atoms with Gasteiger partial charge in [-0.15, -0.1) is 11.3 Å². The summed E-state index contributed by atoms with van der Waals surface area (Å²) in [4.78, 5) is 30.2. The van der Waals surface area contributed by atoms with Gasteiger partial charge < -0.3 is 10.0 Å². The molecule has 0 saturated carbocycles. The Labute approximate surface area is 121 Å². The van der Waals surface area contributed by atoms with Gasteiger partial charge in [0.25, 0.3) is 0 Å². The molecule has 1 aliphatic rings. The second-order valence-corrected chi connectivity index (χ2v) is 6.37. The Hall–Kier alpha value is -1.63. The van der Waals surface area contributed by atoms with Crippen molar-refractivity contribution >= 4 is 28.5 Å². The van der Waals surface area contributed by atoms with E-state index in [4.69, 9.17) is 0 Å². The van der Waals surface area contributed by atoms with Crippen LogP contribution in [0.3, 0.4) is 0 Å². The second kappa shape index (κ2) is 5.78. The molecule has 0 unspecified atom stereocenters. The molecule has 0 radical (unpaired) electrons. The number of likely N-dealkylation sites (tertiary alicyclic amines) is 1. The molecule has 1 aliphatic heterocycles. The van der Waals surface area contributed by atoms with E-state index in [1.807, 2.05) is 13.8 Å². The molecule has 1 saturated heterocycles. The molecule has 0 aliphatic carbocycles. The van der Waals surface area contributed by atoms with Crippen LogP contribution in [0.1, 0.15) is 31.1 Å². The lowest BCUT2D eigenvalue weighted by Gasteiger charge is -2.38. The van der Waals surface area contributed by atoms with Crippen molar-refractivity contribution < 1.29 is 14.7 Å². The quantitative estimate of drug-likeness (QED) is 0.898. The van der Waals surface area contributed by atoms with Crippen molar-refractivity contribution in [2.75, 3.05) is 18.4 Å². The van der Waals surface area contributed by atoms with Gasteiger partial charge in [-0.25, -0.2) is 9.78 Å². The summed E-state index contributed by atoms with van der Waals surface area (Å²) in [7, 11) is 0. The van der Waals surface area contributed by atoms with Crippen molar-refractivity contribution in [3.8, 4) is 0 Å². The van der Waals surface area contributed by atoms with Crippen molar-refractivity contribution in [1.29, 1.82) is 0 Å². The molecule has 6 nitrogen and oxygen atoms in total. The highest BCUT2D eigenvalue weighted by Crippen LogP contribution is 2.35. The minimum atomic E-state index is -0.754. The molecule has 20 heavy (non-hydrogen) atoms. The van der Waals surface area contributed by atoms with E-state index in [1.54, 1.807) is 11.1 Å². The van der Waals surface area contributed by atoms with E-state index >= 15 is 0 Å². The van der Waals surface area contributed by atoms with Crippen molar-refractivity contribution in [3.63, 3.8) is 0 Å². The van der Waals surface area contributed by atoms with Crippen LogP contribution in [0.25, 0.3) is 0 Å². The fraction of sp³-hybridized carbons (Fsp3) is 0.615. The van der Waals surface area contributed by atoms with Crippen LogP contribution in [-0.4, -0.2) is 40.1 Å². The van der Waals surface area contributed by atoms with E-state index in [1.165, 1.54) is 11.3 Å². The summed E-state index contributed by atoms with van der Waals surface area (Å²) in [5.74, 6) is -0.754. The van der Waals surface area contributed by atoms with Gasteiger partial charge in [-0.3, -0.25) is 10.1 Å². The van der Waals surface area contributed by atoms with E-state index in [0.717, 1.165) is 4.88 Å². The number of carboxylic acids is 1. The van der Waals surface area contributed by atoms with Crippen LogP contribution in [0.2, 0.25) is 0 Å². The van der Waals surface area contributed by atoms with E-state index in [0.29, 0.717) is 37.5 Å². The summed E-state index contributed by atoms with van der Waals surface area (Å²) < 4.78 is 0. The first kappa shape index (κ1) is 14.8. The molecule has 2 N–H and O–H groups in total. The number of hydrogen-bond acceptors (Lipinski definition) is 4. The fourth-order valence-electron chi connectivity index (χ4n) is 2.44. The Morgan fingerprint density at radius 1 is 1.50 bits per heavy atom. The molecule has 2 rings (SSSR count). The molecule has 1 aromatic heterocycles. The number of piperidine rings is 1. The fourth-order valence-corrected chi connectivity index (χ4v) is 3.09. The molecule has 1 aromatic rings. The van der Waals surface area contributed by atoms with Gasteiger partial charge in [-0.2, -0.15) is 0 Å². The molecule has 0 spiro atoms. The summed E-state index contributed by atoms with van der Waals surface area (Å²) >= 11 is 1.43. The maximum absolute atomic E-state index is 12.1. The number of aliphatic carboxylic acids is 1. The van der Waals surface area contributed by atoms with Crippen LogP contribution < -0.4 is 5.32 Å². The van der Waals surface area contributed by atoms with Crippen LogP contribution >= 0.6 is 11.3 Å². The van der Waals surface area contributed by atoms with Crippen LogP contribution in [0.5, 0.6) is 0 Å². The Morgan fingerprint density at radius 2 is 2.15 bits per heavy atom. The van der Waals surface area contributed by atoms with Crippen molar-refractivity contribution in [2.24, 2.45) is 5.41 Å². The third-order valence-corrected chi connectivity index (χ3v) is 4.80. The average molecular weight is 297 g/mol. The lowest BCUT2D eigenvalue weighted by molar-refractivity contribution is -0.151. The van der Waals surface area contributed by atoms with Gasteiger partial charge in [0.05, 0.1) is 5.41 Å². The summed E-state index contributed by atoms with van der Waals surface area (Å²) in [5.41, 5.74) is -0.672. The lowest BCUT2D eigenvalue weighted by atomic mass is 9.76. The lowest BCUT2D eigenvalue weighted by Crippen LogP contribution is -2.47. The third-order valence-electron chi connectivity index (χ3n) is 3.97. The van der Waals surface area contributed by atoms with Gasteiger partial charge >= 0.3 is 12.0 Å². The van der Waals surface area contributed by atoms with E-state index in [-0.39, 0.29) is 6.03 Å². The Balaban J connectivity index is 1.93. The first-order valence-electron chi connectivity index (χ1n) is 6.68. The molecule has 0 atom stereocenters. The zero-order chi connectivity index (χ0) is 14.8. The summed E-state index contributed by atoms with van der Waals surface area (Å²) in [6, 6.07) is -0.200. The molecule has 2 amide bonds. The predicted octanol–water partition coefficient (Wildman–Crippen LogP) is 2.56. The number of hydrogen-bond donors (Lipinski definition) is 2. The largest absolute Gasteiger partial charge is 0.481 e. The normalized spacial score (nSPS) is 17.8. The van der Waals surface area contributed by atoms with Gasteiger partial charge in [0.15, 0.2) is 5.13 Å². The van der Waals surface area contributed by atoms with Gasteiger partial charge in [0, 0.05) is 24.2 Å². The number of aryl methyl sites for hydroxylation is 1. The molecule has 2 heterocycles. The minimum Gasteiger partial charge on any atom is -0.481 e. The molecule has 110 valence electrons. The topological polar surface area (TPSA) is 82.5 Å². The molecule has 7 heteroatoms. The van der Waals surface area contributed by atoms with E-state index in [2.05, 4.69) is 10.3 Å². The standard InChI is InChI=1S/C13H19N3O3S/c1-3-13(10(17)18)4-6-16(7-5-13)12(19)15-11-14-8-9(2)20-11/h8H,3-7H2,1-2H3,(H,17,18)(H,14,15,19). The summed E-state index contributed by atoms with van der Waals surface area (Å²) in [6.45, 7) is 4.76. The number of amides is 2. The van der Waals surface area contributed by atoms with Crippen molar-refractivity contribution in [3.05, 3.63) is 11.1 Å². The zero-order valence-corrected chi connectivity index (χ0v) is 12.5. The Morgan fingerprint density at radius 3 is 2.60 bits per heavy atom. The van der Waals surface area contributed by atoms with Gasteiger partial charge in [-0.05, 0) is 26.2 Å². The number of nitrogens with one attached hydrogen (secondary N) is 1. The minimum absolute atomic E-state index is 0.200. The van der Waals surface area contributed by atoms with Crippen molar-refractivity contribution in [1.82, 2.24) is 9.88 Å². The van der Waals surface area contributed by atoms with E-state index < -0.39 is 11.4 Å². The van der Waals surface area contributed by atoms with Crippen LogP contribution in [0.15, 0.2) is 6.20 Å². The third kappa shape index (κ3) is 2.92. The Kier molecular flexibility index (Phi) is 4.27. The number of urea groups is 1. The first-order valence-corrected chi connectivity index (χ1v) is 7.50. The number of anilines is 1. The molecule has 0 bridgehead atoms. The van der Waals surface area contributed by atoms with Crippen LogP contribution in [-0.2, 0) is 4.79 Å². The van der Waals surface area contributed by atoms with Crippen LogP contribution in [0, 0.1) is 12.3 Å². The smallest absolute Gasteiger partial charge is 0.323 e. The van der Waals surface area contributed by atoms with Crippen LogP contribution in [0.4, 0.5) is 9.93 Å². The van der Waals surface area contributed by atoms with Gasteiger partial charge in [0.2, 0.25) is 0 Å². The van der Waals surface area contributed by atoms with E-state index in [9.17, 15) is 14.7 Å². The summed E-state index contributed by atoms with van der Waals surface area (Å²) in [5, 5.41) is 12.7. The molecule has 0 aromatic carbocycles. The highest BCUT2D eigenvalue weighted by molar-refractivity contribution is 7.15. The number of thiazole rings is 1. The highest BCUT2D eigenvalue weighted by atomic mass is 32.1. The summed E-state index contributed by atoms with van der Waals surface area (Å²) in [6.07, 6.45) is 3.32. The maximum Gasteiger partial charge on any atom is 0.323 e. The predicted molar refractivity (Wildman–Crippen MR) is 77.0 cm³/mol. The average Bonchev–Trinajstić information content (AvgIpc) is 2.84. The highest BCUT2D eigenvalue weighted by Gasteiger charge is 2.40. The van der Waals surface area contributed by atoms with Gasteiger partial charge in [-0.1, -0.05) is 6.92 Å². The number of rotatable bonds is 3. The molecular formula is C13H19N3O3S. The number of nitrogens with zero attached hydrogens (tertiary/aromatic N) is 2.